The van der Waals surface area contributed by atoms with E-state index in [1.54, 1.807) is 13.8 Å². The molecule has 1 aliphatic rings. The summed E-state index contributed by atoms with van der Waals surface area (Å²) in [5.74, 6) is -1.06. The van der Waals surface area contributed by atoms with Gasteiger partial charge in [-0.2, -0.15) is 12.7 Å². The molecule has 0 aromatic heterocycles. The molecule has 2 N–H and O–H groups in total. The molecule has 0 amide bonds. The summed E-state index contributed by atoms with van der Waals surface area (Å²) in [4.78, 5) is 10.5. The predicted octanol–water partition coefficient (Wildman–Crippen LogP) is -0.364. The van der Waals surface area contributed by atoms with Crippen LogP contribution in [-0.4, -0.2) is 42.9 Å². The van der Waals surface area contributed by atoms with Crippen molar-refractivity contribution in [3.63, 3.8) is 0 Å². The predicted molar refractivity (Wildman–Crippen MR) is 54.5 cm³/mol. The maximum atomic E-state index is 11.5. The third kappa shape index (κ3) is 3.15. The van der Waals surface area contributed by atoms with E-state index in [0.29, 0.717) is 0 Å². The van der Waals surface area contributed by atoms with Crippen molar-refractivity contribution in [1.29, 1.82) is 0 Å². The van der Waals surface area contributed by atoms with Crippen LogP contribution >= 0.6 is 0 Å². The minimum absolute atomic E-state index is 0.00819. The Labute approximate surface area is 89.4 Å². The van der Waals surface area contributed by atoms with Crippen LogP contribution in [0.4, 0.5) is 0 Å². The molecule has 0 spiro atoms. The van der Waals surface area contributed by atoms with Gasteiger partial charge in [0, 0.05) is 19.1 Å². The number of carboxylic acids is 1. The molecule has 1 fully saturated rings. The quantitative estimate of drug-likeness (QED) is 0.700. The molecule has 0 aliphatic carbocycles. The standard InChI is InChI=1S/C8H16N2O4S/c1-6(2)10-5-7(3-8(11)12)4-9-15(10,13)14/h6-7,9H,3-5H2,1-2H3,(H,11,12). The van der Waals surface area contributed by atoms with Gasteiger partial charge in [0.1, 0.15) is 0 Å². The molecule has 1 saturated heterocycles. The first-order valence-corrected chi connectivity index (χ1v) is 6.25. The molecule has 1 aliphatic heterocycles. The van der Waals surface area contributed by atoms with Gasteiger partial charge in [-0.1, -0.05) is 0 Å². The molecule has 1 rings (SSSR count). The van der Waals surface area contributed by atoms with Gasteiger partial charge in [0.05, 0.1) is 6.42 Å². The number of rotatable bonds is 3. The second kappa shape index (κ2) is 4.46. The highest BCUT2D eigenvalue weighted by Gasteiger charge is 2.33. The molecule has 6 nitrogen and oxygen atoms in total. The van der Waals surface area contributed by atoms with Crippen LogP contribution in [0.3, 0.4) is 0 Å². The maximum absolute atomic E-state index is 11.5. The zero-order chi connectivity index (χ0) is 11.6. The van der Waals surface area contributed by atoms with Crippen LogP contribution < -0.4 is 4.72 Å². The largest absolute Gasteiger partial charge is 0.481 e. The molecule has 15 heavy (non-hydrogen) atoms. The minimum atomic E-state index is -3.40. The lowest BCUT2D eigenvalue weighted by molar-refractivity contribution is -0.138. The molecule has 88 valence electrons. The maximum Gasteiger partial charge on any atom is 0.303 e. The van der Waals surface area contributed by atoms with Crippen LogP contribution in [0.25, 0.3) is 0 Å². The molecular formula is C8H16N2O4S. The van der Waals surface area contributed by atoms with Gasteiger partial charge in [-0.15, -0.1) is 0 Å². The van der Waals surface area contributed by atoms with Gasteiger partial charge < -0.3 is 5.11 Å². The van der Waals surface area contributed by atoms with Gasteiger partial charge >= 0.3 is 5.97 Å². The van der Waals surface area contributed by atoms with Crippen molar-refractivity contribution in [2.24, 2.45) is 5.92 Å². The lowest BCUT2D eigenvalue weighted by atomic mass is 10.1. The summed E-state index contributed by atoms with van der Waals surface area (Å²) in [5.41, 5.74) is 0. The molecule has 0 aromatic carbocycles. The minimum Gasteiger partial charge on any atom is -0.481 e. The molecular weight excluding hydrogens is 220 g/mol. The Morgan fingerprint density at radius 2 is 2.20 bits per heavy atom. The van der Waals surface area contributed by atoms with Crippen LogP contribution in [0.1, 0.15) is 20.3 Å². The van der Waals surface area contributed by atoms with E-state index in [4.69, 9.17) is 5.11 Å². The summed E-state index contributed by atoms with van der Waals surface area (Å²) in [7, 11) is -3.40. The first kappa shape index (κ1) is 12.4. The Morgan fingerprint density at radius 1 is 1.60 bits per heavy atom. The third-order valence-corrected chi connectivity index (χ3v) is 4.06. The second-order valence-corrected chi connectivity index (χ2v) is 5.69. The van der Waals surface area contributed by atoms with Gasteiger partial charge in [-0.25, -0.2) is 4.72 Å². The van der Waals surface area contributed by atoms with Crippen molar-refractivity contribution in [3.05, 3.63) is 0 Å². The van der Waals surface area contributed by atoms with Crippen molar-refractivity contribution in [3.8, 4) is 0 Å². The number of hydrogen-bond donors (Lipinski definition) is 2. The number of aliphatic carboxylic acids is 1. The first-order valence-electron chi connectivity index (χ1n) is 4.81. The van der Waals surface area contributed by atoms with Crippen LogP contribution in [0.2, 0.25) is 0 Å². The van der Waals surface area contributed by atoms with Gasteiger partial charge in [-0.05, 0) is 19.8 Å². The van der Waals surface area contributed by atoms with Crippen molar-refractivity contribution in [1.82, 2.24) is 9.03 Å². The molecule has 1 atom stereocenters. The summed E-state index contributed by atoms with van der Waals surface area (Å²) in [6.45, 7) is 4.02. The fraction of sp³-hybridized carbons (Fsp3) is 0.875. The molecule has 1 unspecified atom stereocenters. The summed E-state index contributed by atoms with van der Waals surface area (Å²) in [5, 5.41) is 8.62. The topological polar surface area (TPSA) is 86.7 Å². The highest BCUT2D eigenvalue weighted by atomic mass is 32.2. The molecule has 0 aromatic rings. The highest BCUT2D eigenvalue weighted by molar-refractivity contribution is 7.87. The van der Waals surface area contributed by atoms with E-state index in [0.717, 1.165) is 0 Å². The van der Waals surface area contributed by atoms with Crippen molar-refractivity contribution in [2.75, 3.05) is 13.1 Å². The summed E-state index contributed by atoms with van der Waals surface area (Å²) in [6.07, 6.45) is -0.00819. The normalized spacial score (nSPS) is 26.7. The van der Waals surface area contributed by atoms with E-state index in [-0.39, 0.29) is 31.5 Å². The van der Waals surface area contributed by atoms with Crippen LogP contribution in [0.15, 0.2) is 0 Å². The van der Waals surface area contributed by atoms with Gasteiger partial charge in [0.2, 0.25) is 0 Å². The molecule has 0 bridgehead atoms. The number of nitrogens with one attached hydrogen (secondary N) is 1. The molecule has 0 radical (unpaired) electrons. The van der Waals surface area contributed by atoms with Gasteiger partial charge in [0.25, 0.3) is 10.2 Å². The lowest BCUT2D eigenvalue weighted by Gasteiger charge is -2.34. The number of nitrogens with zero attached hydrogens (tertiary/aromatic N) is 1. The van der Waals surface area contributed by atoms with Crippen LogP contribution in [-0.2, 0) is 15.0 Å². The van der Waals surface area contributed by atoms with E-state index < -0.39 is 16.2 Å². The van der Waals surface area contributed by atoms with Crippen molar-refractivity contribution >= 4 is 16.2 Å². The van der Waals surface area contributed by atoms with E-state index in [1.165, 1.54) is 4.31 Å². The zero-order valence-electron chi connectivity index (χ0n) is 8.80. The fourth-order valence-electron chi connectivity index (χ4n) is 1.60. The van der Waals surface area contributed by atoms with E-state index in [9.17, 15) is 13.2 Å². The van der Waals surface area contributed by atoms with E-state index in [1.807, 2.05) is 0 Å². The van der Waals surface area contributed by atoms with Gasteiger partial charge in [-0.3, -0.25) is 4.79 Å². The number of carbonyl (C=O) groups is 1. The number of carboxylic acid groups (broad SMARTS) is 1. The molecule has 7 heteroatoms. The summed E-state index contributed by atoms with van der Waals surface area (Å²) in [6, 6.07) is -0.154. The van der Waals surface area contributed by atoms with Crippen molar-refractivity contribution in [2.45, 2.75) is 26.3 Å². The Balaban J connectivity index is 2.71. The average Bonchev–Trinajstić information content (AvgIpc) is 2.06. The Morgan fingerprint density at radius 3 is 2.67 bits per heavy atom. The highest BCUT2D eigenvalue weighted by Crippen LogP contribution is 2.16. The third-order valence-electron chi connectivity index (χ3n) is 2.34. The van der Waals surface area contributed by atoms with E-state index >= 15 is 0 Å². The summed E-state index contributed by atoms with van der Waals surface area (Å²) >= 11 is 0. The smallest absolute Gasteiger partial charge is 0.303 e. The van der Waals surface area contributed by atoms with E-state index in [2.05, 4.69) is 4.72 Å². The second-order valence-electron chi connectivity index (χ2n) is 3.98. The SMILES string of the molecule is CC(C)N1CC(CC(=O)O)CNS1(=O)=O. The molecule has 1 heterocycles. The number of hydrogen-bond acceptors (Lipinski definition) is 3. The Bertz CT molecular complexity index is 339. The molecule has 0 saturated carbocycles. The monoisotopic (exact) mass is 236 g/mol. The Kier molecular flexibility index (Phi) is 3.69. The lowest BCUT2D eigenvalue weighted by Crippen LogP contribution is -2.54. The first-order chi connectivity index (χ1) is 6.83. The van der Waals surface area contributed by atoms with Gasteiger partial charge in [0.15, 0.2) is 0 Å². The average molecular weight is 236 g/mol. The fourth-order valence-corrected chi connectivity index (χ4v) is 3.17. The summed E-state index contributed by atoms with van der Waals surface area (Å²) < 4.78 is 26.7. The van der Waals surface area contributed by atoms with Crippen molar-refractivity contribution < 1.29 is 18.3 Å². The van der Waals surface area contributed by atoms with Crippen LogP contribution in [0.5, 0.6) is 0 Å². The van der Waals surface area contributed by atoms with Crippen LogP contribution in [0, 0.1) is 5.92 Å². The zero-order valence-corrected chi connectivity index (χ0v) is 9.62. The Hall–Kier alpha value is -0.660.